The summed E-state index contributed by atoms with van der Waals surface area (Å²) in [7, 11) is 0. The zero-order valence-electron chi connectivity index (χ0n) is 13.4. The molecule has 1 nitrogen and oxygen atoms in total. The van der Waals surface area contributed by atoms with Crippen molar-refractivity contribution in [2.45, 2.75) is 51.0 Å². The third kappa shape index (κ3) is 6.56. The lowest BCUT2D eigenvalue weighted by atomic mass is 9.78. The molecule has 0 radical (unpaired) electrons. The Morgan fingerprint density at radius 1 is 1.29 bits per heavy atom. The van der Waals surface area contributed by atoms with Crippen molar-refractivity contribution in [2.24, 2.45) is 11.8 Å². The van der Waals surface area contributed by atoms with Crippen LogP contribution in [0, 0.1) is 17.7 Å². The summed E-state index contributed by atoms with van der Waals surface area (Å²) in [4.78, 5) is 1.13. The molecule has 0 aromatic heterocycles. The van der Waals surface area contributed by atoms with Crippen molar-refractivity contribution in [3.63, 3.8) is 0 Å². The van der Waals surface area contributed by atoms with Crippen LogP contribution < -0.4 is 5.32 Å². The maximum absolute atomic E-state index is 12.3. The van der Waals surface area contributed by atoms with E-state index < -0.39 is 0 Å². The SMILES string of the molecule is C=CNC1CCCC(C)C1C.CCSc1ccc(F)cc1. The van der Waals surface area contributed by atoms with E-state index in [1.807, 2.05) is 6.20 Å². The van der Waals surface area contributed by atoms with Crippen molar-refractivity contribution in [2.75, 3.05) is 5.75 Å². The molecule has 0 aliphatic heterocycles. The number of benzene rings is 1. The summed E-state index contributed by atoms with van der Waals surface area (Å²) in [5, 5.41) is 3.33. The number of halogens is 1. The Hall–Kier alpha value is -0.960. The first-order valence-corrected chi connectivity index (χ1v) is 8.82. The van der Waals surface area contributed by atoms with Crippen molar-refractivity contribution in [3.05, 3.63) is 42.9 Å². The maximum Gasteiger partial charge on any atom is 0.123 e. The third-order valence-corrected chi connectivity index (χ3v) is 5.06. The highest BCUT2D eigenvalue weighted by molar-refractivity contribution is 7.99. The van der Waals surface area contributed by atoms with E-state index in [0.29, 0.717) is 6.04 Å². The molecule has 3 unspecified atom stereocenters. The highest BCUT2D eigenvalue weighted by Gasteiger charge is 2.25. The Balaban J connectivity index is 0.000000211. The van der Waals surface area contributed by atoms with E-state index in [4.69, 9.17) is 0 Å². The highest BCUT2D eigenvalue weighted by Crippen LogP contribution is 2.29. The highest BCUT2D eigenvalue weighted by atomic mass is 32.2. The number of nitrogens with one attached hydrogen (secondary N) is 1. The summed E-state index contributed by atoms with van der Waals surface area (Å²) >= 11 is 1.72. The van der Waals surface area contributed by atoms with Crippen LogP contribution in [0.3, 0.4) is 0 Å². The molecule has 1 aliphatic carbocycles. The Morgan fingerprint density at radius 3 is 2.52 bits per heavy atom. The Kier molecular flexibility index (Phi) is 8.51. The molecule has 0 bridgehead atoms. The van der Waals surface area contributed by atoms with Gasteiger partial charge in [-0.1, -0.05) is 40.2 Å². The van der Waals surface area contributed by atoms with Gasteiger partial charge in [-0.25, -0.2) is 4.39 Å². The van der Waals surface area contributed by atoms with Gasteiger partial charge in [0.15, 0.2) is 0 Å². The van der Waals surface area contributed by atoms with Gasteiger partial charge in [-0.05, 0) is 54.5 Å². The molecule has 118 valence electrons. The van der Waals surface area contributed by atoms with E-state index in [0.717, 1.165) is 22.5 Å². The maximum atomic E-state index is 12.3. The number of hydrogen-bond acceptors (Lipinski definition) is 2. The van der Waals surface area contributed by atoms with Gasteiger partial charge < -0.3 is 5.32 Å². The molecular weight excluding hydrogens is 281 g/mol. The third-order valence-electron chi connectivity index (χ3n) is 4.16. The molecule has 21 heavy (non-hydrogen) atoms. The average Bonchev–Trinajstić information content (AvgIpc) is 2.48. The molecule has 0 amide bonds. The lowest BCUT2D eigenvalue weighted by molar-refractivity contribution is 0.220. The summed E-state index contributed by atoms with van der Waals surface area (Å²) in [6.07, 6.45) is 5.92. The van der Waals surface area contributed by atoms with Crippen LogP contribution in [0.15, 0.2) is 41.9 Å². The minimum absolute atomic E-state index is 0.166. The van der Waals surface area contributed by atoms with Gasteiger partial charge in [-0.15, -0.1) is 11.8 Å². The smallest absolute Gasteiger partial charge is 0.123 e. The molecule has 2 rings (SSSR count). The first-order valence-electron chi connectivity index (χ1n) is 7.83. The second kappa shape index (κ2) is 9.88. The fourth-order valence-corrected chi connectivity index (χ4v) is 3.33. The predicted octanol–water partition coefficient (Wildman–Crippen LogP) is 5.48. The number of thioether (sulfide) groups is 1. The van der Waals surface area contributed by atoms with Crippen LogP contribution in [-0.4, -0.2) is 11.8 Å². The molecule has 3 heteroatoms. The fraction of sp³-hybridized carbons (Fsp3) is 0.556. The Morgan fingerprint density at radius 2 is 1.95 bits per heavy atom. The van der Waals surface area contributed by atoms with Gasteiger partial charge in [0.25, 0.3) is 0 Å². The predicted molar refractivity (Wildman–Crippen MR) is 92.1 cm³/mol. The largest absolute Gasteiger partial charge is 0.388 e. The Bertz CT molecular complexity index is 404. The lowest BCUT2D eigenvalue weighted by Gasteiger charge is -2.34. The molecule has 0 saturated heterocycles. The van der Waals surface area contributed by atoms with E-state index in [1.165, 1.54) is 31.4 Å². The second-order valence-electron chi connectivity index (χ2n) is 5.63. The van der Waals surface area contributed by atoms with E-state index >= 15 is 0 Å². The van der Waals surface area contributed by atoms with E-state index in [2.05, 4.69) is 32.7 Å². The first kappa shape index (κ1) is 18.1. The molecule has 0 heterocycles. The summed E-state index contributed by atoms with van der Waals surface area (Å²) in [5.74, 6) is 2.55. The van der Waals surface area contributed by atoms with Gasteiger partial charge >= 0.3 is 0 Å². The molecule has 0 spiro atoms. The zero-order valence-corrected chi connectivity index (χ0v) is 14.3. The van der Waals surface area contributed by atoms with Crippen molar-refractivity contribution >= 4 is 11.8 Å². The van der Waals surface area contributed by atoms with Crippen molar-refractivity contribution in [3.8, 4) is 0 Å². The van der Waals surface area contributed by atoms with E-state index in [-0.39, 0.29) is 5.82 Å². The molecule has 1 aromatic carbocycles. The number of hydrogen-bond donors (Lipinski definition) is 1. The van der Waals surface area contributed by atoms with Crippen LogP contribution >= 0.6 is 11.8 Å². The van der Waals surface area contributed by atoms with Gasteiger partial charge in [-0.2, -0.15) is 0 Å². The van der Waals surface area contributed by atoms with Crippen LogP contribution in [0.4, 0.5) is 4.39 Å². The van der Waals surface area contributed by atoms with Crippen LogP contribution in [0.1, 0.15) is 40.0 Å². The van der Waals surface area contributed by atoms with E-state index in [9.17, 15) is 4.39 Å². The summed E-state index contributed by atoms with van der Waals surface area (Å²) in [6, 6.07) is 7.24. The molecule has 1 N–H and O–H groups in total. The topological polar surface area (TPSA) is 12.0 Å². The normalized spacial score (nSPS) is 24.7. The molecule has 1 aliphatic rings. The van der Waals surface area contributed by atoms with Crippen LogP contribution in [0.25, 0.3) is 0 Å². The van der Waals surface area contributed by atoms with Gasteiger partial charge in [0, 0.05) is 10.9 Å². The zero-order chi connectivity index (χ0) is 15.7. The molecule has 1 fully saturated rings. The van der Waals surface area contributed by atoms with Crippen LogP contribution in [-0.2, 0) is 0 Å². The van der Waals surface area contributed by atoms with Crippen LogP contribution in [0.5, 0.6) is 0 Å². The average molecular weight is 309 g/mol. The van der Waals surface area contributed by atoms with Crippen molar-refractivity contribution in [1.82, 2.24) is 5.32 Å². The molecule has 3 atom stereocenters. The Labute approximate surface area is 133 Å². The standard InChI is InChI=1S/C10H19N.C8H9FS/c1-4-11-10-7-5-6-8(2)9(10)3;1-2-10-8-5-3-7(9)4-6-8/h4,8-11H,1,5-7H2,2-3H3;3-6H,2H2,1H3. The quantitative estimate of drug-likeness (QED) is 0.739. The van der Waals surface area contributed by atoms with Crippen molar-refractivity contribution < 1.29 is 4.39 Å². The lowest BCUT2D eigenvalue weighted by Crippen LogP contribution is -2.37. The van der Waals surface area contributed by atoms with Gasteiger partial charge in [0.05, 0.1) is 0 Å². The minimum Gasteiger partial charge on any atom is -0.388 e. The summed E-state index contributed by atoms with van der Waals surface area (Å²) in [6.45, 7) is 10.5. The monoisotopic (exact) mass is 309 g/mol. The van der Waals surface area contributed by atoms with Gasteiger partial charge in [0.2, 0.25) is 0 Å². The van der Waals surface area contributed by atoms with Crippen LogP contribution in [0.2, 0.25) is 0 Å². The molecule has 1 saturated carbocycles. The van der Waals surface area contributed by atoms with E-state index in [1.54, 1.807) is 23.9 Å². The number of rotatable bonds is 4. The van der Waals surface area contributed by atoms with Crippen molar-refractivity contribution in [1.29, 1.82) is 0 Å². The van der Waals surface area contributed by atoms with Gasteiger partial charge in [-0.3, -0.25) is 0 Å². The minimum atomic E-state index is -0.166. The fourth-order valence-electron chi connectivity index (χ4n) is 2.67. The second-order valence-corrected chi connectivity index (χ2v) is 6.97. The summed E-state index contributed by atoms with van der Waals surface area (Å²) in [5.41, 5.74) is 0. The molecular formula is C18H28FNS. The summed E-state index contributed by atoms with van der Waals surface area (Å²) < 4.78 is 12.3. The first-order chi connectivity index (χ1) is 10.1. The van der Waals surface area contributed by atoms with Gasteiger partial charge in [0.1, 0.15) is 5.82 Å². The molecule has 1 aromatic rings.